The van der Waals surface area contributed by atoms with E-state index in [0.717, 1.165) is 43.8 Å². The molecule has 0 N–H and O–H groups in total. The van der Waals surface area contributed by atoms with Gasteiger partial charge in [0.2, 0.25) is 6.79 Å². The van der Waals surface area contributed by atoms with Crippen LogP contribution in [-0.4, -0.2) is 39.8 Å². The summed E-state index contributed by atoms with van der Waals surface area (Å²) in [7, 11) is 0. The molecule has 140 valence electrons. The first-order valence-electron chi connectivity index (χ1n) is 8.99. The summed E-state index contributed by atoms with van der Waals surface area (Å²) in [6.07, 6.45) is 4.38. The van der Waals surface area contributed by atoms with Gasteiger partial charge < -0.3 is 23.7 Å². The first kappa shape index (κ1) is 23.1. The molecule has 0 saturated heterocycles. The molecule has 2 rings (SSSR count). The van der Waals surface area contributed by atoms with Gasteiger partial charge in [-0.15, -0.1) is 0 Å². The third kappa shape index (κ3) is 8.52. The van der Waals surface area contributed by atoms with Crippen molar-refractivity contribution in [1.29, 1.82) is 0 Å². The van der Waals surface area contributed by atoms with Crippen LogP contribution in [0.1, 0.15) is 44.2 Å². The fraction of sp³-hybridized carbons (Fsp3) is 0.684. The zero-order chi connectivity index (χ0) is 17.0. The van der Waals surface area contributed by atoms with E-state index in [0.29, 0.717) is 39.8 Å². The molecule has 0 spiro atoms. The third-order valence-electron chi connectivity index (χ3n) is 3.86. The molecule has 1 aliphatic heterocycles. The fourth-order valence-corrected chi connectivity index (χ4v) is 2.53. The molecule has 1 aromatic carbocycles. The van der Waals surface area contributed by atoms with Gasteiger partial charge in [0.1, 0.15) is 0 Å². The zero-order valence-electron chi connectivity index (χ0n) is 15.5. The number of aryl methyl sites for hydroxylation is 1. The van der Waals surface area contributed by atoms with Gasteiger partial charge in [0.05, 0.1) is 33.0 Å². The van der Waals surface area contributed by atoms with Crippen molar-refractivity contribution in [3.63, 3.8) is 0 Å². The Morgan fingerprint density at radius 3 is 2.04 bits per heavy atom. The summed E-state index contributed by atoms with van der Waals surface area (Å²) in [4.78, 5) is 0. The summed E-state index contributed by atoms with van der Waals surface area (Å²) in [5.74, 6) is 1.66. The molecule has 0 atom stereocenters. The first-order valence-corrected chi connectivity index (χ1v) is 8.99. The Morgan fingerprint density at radius 2 is 1.40 bits per heavy atom. The van der Waals surface area contributed by atoms with E-state index in [2.05, 4.69) is 19.9 Å². The molecule has 0 fully saturated rings. The smallest absolute Gasteiger partial charge is 0.231 e. The van der Waals surface area contributed by atoms with Crippen LogP contribution in [0.3, 0.4) is 0 Å². The second-order valence-corrected chi connectivity index (χ2v) is 5.86. The van der Waals surface area contributed by atoms with Crippen LogP contribution in [0.2, 0.25) is 0 Å². The van der Waals surface area contributed by atoms with E-state index < -0.39 is 0 Å². The molecule has 6 heteroatoms. The molecule has 0 aliphatic carbocycles. The Kier molecular flexibility index (Phi) is 13.1. The van der Waals surface area contributed by atoms with Gasteiger partial charge in [0, 0.05) is 47.4 Å². The van der Waals surface area contributed by atoms with Crippen molar-refractivity contribution >= 4 is 0 Å². The molecule has 1 aromatic rings. The standard InChI is InChI=1S/C19H30O5.Nd/c1-3-5-7-20-8-9-21-10-11-22-14-17-13-19-18(23-15-24-19)12-16(17)6-4-2;/h12-13H,3-11,14-15H2,1-2H3;. The Balaban J connectivity index is 0.00000312. The van der Waals surface area contributed by atoms with Crippen LogP contribution in [0.25, 0.3) is 0 Å². The van der Waals surface area contributed by atoms with Crippen molar-refractivity contribution in [2.45, 2.75) is 46.1 Å². The van der Waals surface area contributed by atoms with E-state index in [1.807, 2.05) is 6.07 Å². The minimum Gasteiger partial charge on any atom is -0.454 e. The van der Waals surface area contributed by atoms with E-state index in [9.17, 15) is 0 Å². The summed E-state index contributed by atoms with van der Waals surface area (Å²) >= 11 is 0. The van der Waals surface area contributed by atoms with Gasteiger partial charge in [-0.1, -0.05) is 26.7 Å². The minimum absolute atomic E-state index is 0. The molecular weight excluding hydrogens is 452 g/mol. The molecule has 25 heavy (non-hydrogen) atoms. The summed E-state index contributed by atoms with van der Waals surface area (Å²) in [5, 5.41) is 0. The number of fused-ring (bicyclic) bond motifs is 1. The molecule has 5 nitrogen and oxygen atoms in total. The van der Waals surface area contributed by atoms with Gasteiger partial charge in [0.15, 0.2) is 11.5 Å². The van der Waals surface area contributed by atoms with Gasteiger partial charge >= 0.3 is 0 Å². The molecule has 0 aromatic heterocycles. The summed E-state index contributed by atoms with van der Waals surface area (Å²) in [5.41, 5.74) is 2.44. The number of unbranched alkanes of at least 4 members (excludes halogenated alkanes) is 1. The predicted molar refractivity (Wildman–Crippen MR) is 92.8 cm³/mol. The van der Waals surface area contributed by atoms with Gasteiger partial charge in [-0.2, -0.15) is 0 Å². The van der Waals surface area contributed by atoms with Gasteiger partial charge in [-0.25, -0.2) is 0 Å². The quantitative estimate of drug-likeness (QED) is 0.401. The molecule has 0 radical (unpaired) electrons. The van der Waals surface area contributed by atoms with Crippen LogP contribution in [-0.2, 0) is 27.2 Å². The number of hydrogen-bond donors (Lipinski definition) is 0. The topological polar surface area (TPSA) is 46.2 Å². The molecule has 0 unspecified atom stereocenters. The van der Waals surface area contributed by atoms with Gasteiger partial charge in [0.25, 0.3) is 0 Å². The average Bonchev–Trinajstić information content (AvgIpc) is 3.04. The van der Waals surface area contributed by atoms with Crippen LogP contribution in [0.15, 0.2) is 12.1 Å². The maximum Gasteiger partial charge on any atom is 0.231 e. The summed E-state index contributed by atoms with van der Waals surface area (Å²) in [6.45, 7) is 8.47. The molecular formula is C19H30NdO5. The van der Waals surface area contributed by atoms with Crippen LogP contribution < -0.4 is 9.47 Å². The van der Waals surface area contributed by atoms with Crippen molar-refractivity contribution in [2.24, 2.45) is 0 Å². The van der Waals surface area contributed by atoms with Crippen LogP contribution in [0.4, 0.5) is 0 Å². The van der Waals surface area contributed by atoms with Crippen LogP contribution in [0.5, 0.6) is 11.5 Å². The zero-order valence-corrected chi connectivity index (χ0v) is 18.7. The maximum absolute atomic E-state index is 5.75. The van der Waals surface area contributed by atoms with E-state index in [1.54, 1.807) is 0 Å². The molecule has 1 heterocycles. The van der Waals surface area contributed by atoms with Gasteiger partial charge in [-0.05, 0) is 36.1 Å². The SMILES string of the molecule is CCCCOCCOCCOCc1cc2c(cc1CCC)OCO2.[Nd]. The first-order chi connectivity index (χ1) is 11.8. The van der Waals surface area contributed by atoms with E-state index in [4.69, 9.17) is 23.7 Å². The maximum atomic E-state index is 5.75. The van der Waals surface area contributed by atoms with Crippen molar-refractivity contribution in [2.75, 3.05) is 39.8 Å². The van der Waals surface area contributed by atoms with E-state index >= 15 is 0 Å². The summed E-state index contributed by atoms with van der Waals surface area (Å²) in [6, 6.07) is 4.12. The van der Waals surface area contributed by atoms with Gasteiger partial charge in [-0.3, -0.25) is 0 Å². The largest absolute Gasteiger partial charge is 0.454 e. The Hall–Kier alpha value is 0.0506. The molecule has 0 bridgehead atoms. The van der Waals surface area contributed by atoms with E-state index in [-0.39, 0.29) is 40.8 Å². The second-order valence-electron chi connectivity index (χ2n) is 5.86. The van der Waals surface area contributed by atoms with Crippen LogP contribution >= 0.6 is 0 Å². The second kappa shape index (κ2) is 14.2. The van der Waals surface area contributed by atoms with Crippen molar-refractivity contribution in [3.05, 3.63) is 23.3 Å². The predicted octanol–water partition coefficient (Wildman–Crippen LogP) is 3.72. The van der Waals surface area contributed by atoms with E-state index in [1.165, 1.54) is 11.1 Å². The number of ether oxygens (including phenoxy) is 5. The van der Waals surface area contributed by atoms with Crippen molar-refractivity contribution in [1.82, 2.24) is 0 Å². The van der Waals surface area contributed by atoms with Crippen LogP contribution in [0, 0.1) is 40.8 Å². The monoisotopic (exact) mass is 480 g/mol. The molecule has 1 aliphatic rings. The third-order valence-corrected chi connectivity index (χ3v) is 3.86. The van der Waals surface area contributed by atoms with Crippen molar-refractivity contribution < 1.29 is 64.5 Å². The number of benzene rings is 1. The average molecular weight is 483 g/mol. The Morgan fingerprint density at radius 1 is 0.800 bits per heavy atom. The normalized spacial score (nSPS) is 12.2. The number of hydrogen-bond acceptors (Lipinski definition) is 5. The summed E-state index contributed by atoms with van der Waals surface area (Å²) < 4.78 is 27.6. The Labute approximate surface area is 184 Å². The minimum atomic E-state index is 0. The molecule has 0 saturated carbocycles. The van der Waals surface area contributed by atoms with Crippen molar-refractivity contribution in [3.8, 4) is 11.5 Å². The molecule has 0 amide bonds. The number of rotatable bonds is 13. The Bertz CT molecular complexity index is 481. The fourth-order valence-electron chi connectivity index (χ4n) is 2.53.